The van der Waals surface area contributed by atoms with Crippen molar-refractivity contribution in [1.29, 1.82) is 0 Å². The number of fused-ring (bicyclic) bond motifs is 7. The minimum absolute atomic E-state index is 0.0976. The van der Waals surface area contributed by atoms with Crippen molar-refractivity contribution in [2.24, 2.45) is 0 Å². The van der Waals surface area contributed by atoms with Crippen LogP contribution in [0.4, 0.5) is 17.1 Å². The lowest BCUT2D eigenvalue weighted by Gasteiger charge is -2.28. The lowest BCUT2D eigenvalue weighted by Crippen LogP contribution is -2.16. The predicted octanol–water partition coefficient (Wildman–Crippen LogP) is 14.6. The van der Waals surface area contributed by atoms with Crippen LogP contribution >= 0.6 is 11.3 Å². The first-order chi connectivity index (χ1) is 25.4. The highest BCUT2D eigenvalue weighted by Gasteiger charge is 2.36. The number of benzene rings is 8. The summed E-state index contributed by atoms with van der Waals surface area (Å²) in [6, 6.07) is 62.9. The highest BCUT2D eigenvalue weighted by molar-refractivity contribution is 7.25. The van der Waals surface area contributed by atoms with Gasteiger partial charge in [-0.1, -0.05) is 123 Å². The third-order valence-corrected chi connectivity index (χ3v) is 12.3. The number of nitrogens with zero attached hydrogens (tertiary/aromatic N) is 1. The first-order valence-electron chi connectivity index (χ1n) is 18.1. The molecule has 1 aliphatic rings. The summed E-state index contributed by atoms with van der Waals surface area (Å²) in [5.41, 5.74) is 15.1. The number of hydrogen-bond donors (Lipinski definition) is 0. The molecule has 0 radical (unpaired) electrons. The Kier molecular flexibility index (Phi) is 7.00. The molecule has 10 rings (SSSR count). The van der Waals surface area contributed by atoms with Gasteiger partial charge >= 0.3 is 0 Å². The predicted molar refractivity (Wildman–Crippen MR) is 225 cm³/mol. The SMILES string of the molecule is Cc1cccc2c1-c1ccc(N(c3ccc(-c4cc5ccccc5cc4-c4ccccc4)cc3)c3ccc4sc5ccccc5c4c3)cc1C2(C)C. The van der Waals surface area contributed by atoms with E-state index in [-0.39, 0.29) is 5.41 Å². The molecule has 0 bridgehead atoms. The van der Waals surface area contributed by atoms with E-state index in [2.05, 4.69) is 196 Å². The van der Waals surface area contributed by atoms with E-state index in [1.165, 1.54) is 86.7 Å². The molecule has 0 fully saturated rings. The molecule has 0 aliphatic heterocycles. The van der Waals surface area contributed by atoms with Crippen LogP contribution in [-0.4, -0.2) is 0 Å². The molecule has 248 valence electrons. The lowest BCUT2D eigenvalue weighted by molar-refractivity contribution is 0.660. The van der Waals surface area contributed by atoms with E-state index >= 15 is 0 Å². The summed E-state index contributed by atoms with van der Waals surface area (Å²) in [4.78, 5) is 2.44. The van der Waals surface area contributed by atoms with E-state index in [9.17, 15) is 0 Å². The fourth-order valence-electron chi connectivity index (χ4n) is 8.52. The first kappa shape index (κ1) is 30.8. The minimum Gasteiger partial charge on any atom is -0.310 e. The van der Waals surface area contributed by atoms with Crippen molar-refractivity contribution >= 4 is 59.3 Å². The Morgan fingerprint density at radius 2 is 1.06 bits per heavy atom. The molecule has 0 amide bonds. The van der Waals surface area contributed by atoms with Crippen molar-refractivity contribution in [1.82, 2.24) is 0 Å². The van der Waals surface area contributed by atoms with Gasteiger partial charge in [0.1, 0.15) is 0 Å². The van der Waals surface area contributed by atoms with Gasteiger partial charge in [-0.3, -0.25) is 0 Å². The highest BCUT2D eigenvalue weighted by atomic mass is 32.1. The number of thiophene rings is 1. The summed E-state index contributed by atoms with van der Waals surface area (Å²) in [6.07, 6.45) is 0. The second-order valence-corrected chi connectivity index (χ2v) is 15.7. The Labute approximate surface area is 309 Å². The third kappa shape index (κ3) is 4.82. The first-order valence-corrected chi connectivity index (χ1v) is 18.9. The van der Waals surface area contributed by atoms with Crippen LogP contribution in [0.3, 0.4) is 0 Å². The van der Waals surface area contributed by atoms with Gasteiger partial charge in [-0.15, -0.1) is 11.3 Å². The zero-order valence-corrected chi connectivity index (χ0v) is 30.3. The number of aryl methyl sites for hydroxylation is 1. The van der Waals surface area contributed by atoms with Gasteiger partial charge in [0.05, 0.1) is 0 Å². The maximum atomic E-state index is 2.44. The van der Waals surface area contributed by atoms with Crippen molar-refractivity contribution in [2.75, 3.05) is 4.90 Å². The van der Waals surface area contributed by atoms with Crippen molar-refractivity contribution in [2.45, 2.75) is 26.2 Å². The van der Waals surface area contributed by atoms with E-state index in [4.69, 9.17) is 0 Å². The summed E-state index contributed by atoms with van der Waals surface area (Å²) >= 11 is 1.87. The van der Waals surface area contributed by atoms with E-state index in [0.717, 1.165) is 11.4 Å². The summed E-state index contributed by atoms with van der Waals surface area (Å²) in [5.74, 6) is 0. The summed E-state index contributed by atoms with van der Waals surface area (Å²) in [7, 11) is 0. The quantitative estimate of drug-likeness (QED) is 0.175. The van der Waals surface area contributed by atoms with Gasteiger partial charge < -0.3 is 4.90 Å². The van der Waals surface area contributed by atoms with Gasteiger partial charge in [0.25, 0.3) is 0 Å². The smallest absolute Gasteiger partial charge is 0.0468 e. The standard InChI is InChI=1S/C50H37NS/c1-32-12-11-18-45-49(32)41-26-24-39(31-46(41)50(45,2)3)51(38-25-27-48-44(30-38)40-17-9-10-19-47(40)52-48)37-22-20-34(21-23-37)43-29-36-16-8-7-15-35(36)28-42(43)33-13-5-4-6-14-33/h4-31H,1-3H3. The van der Waals surface area contributed by atoms with Crippen LogP contribution in [0, 0.1) is 6.92 Å². The summed E-state index contributed by atoms with van der Waals surface area (Å²) < 4.78 is 2.63. The molecule has 8 aromatic carbocycles. The molecule has 0 atom stereocenters. The summed E-state index contributed by atoms with van der Waals surface area (Å²) in [6.45, 7) is 6.99. The van der Waals surface area contributed by atoms with E-state index in [1.807, 2.05) is 11.3 Å². The van der Waals surface area contributed by atoms with Gasteiger partial charge in [0.15, 0.2) is 0 Å². The van der Waals surface area contributed by atoms with Gasteiger partial charge in [-0.25, -0.2) is 0 Å². The van der Waals surface area contributed by atoms with Crippen molar-refractivity contribution in [3.05, 3.63) is 187 Å². The molecule has 1 nitrogen and oxygen atoms in total. The van der Waals surface area contributed by atoms with E-state index in [0.29, 0.717) is 0 Å². The average Bonchev–Trinajstić information content (AvgIpc) is 3.67. The third-order valence-electron chi connectivity index (χ3n) is 11.2. The fraction of sp³-hybridized carbons (Fsp3) is 0.0800. The fourth-order valence-corrected chi connectivity index (χ4v) is 9.61. The van der Waals surface area contributed by atoms with Crippen LogP contribution in [-0.2, 0) is 5.41 Å². The maximum absolute atomic E-state index is 2.44. The summed E-state index contributed by atoms with van der Waals surface area (Å²) in [5, 5.41) is 5.11. The maximum Gasteiger partial charge on any atom is 0.0468 e. The van der Waals surface area contributed by atoms with Crippen LogP contribution in [0.15, 0.2) is 170 Å². The Bertz CT molecular complexity index is 2820. The molecular weight excluding hydrogens is 647 g/mol. The van der Waals surface area contributed by atoms with Crippen LogP contribution in [0.5, 0.6) is 0 Å². The lowest BCUT2D eigenvalue weighted by atomic mass is 9.82. The van der Waals surface area contributed by atoms with Crippen LogP contribution in [0.25, 0.3) is 64.3 Å². The molecular formula is C50H37NS. The number of rotatable bonds is 5. The van der Waals surface area contributed by atoms with Gasteiger partial charge in [-0.2, -0.15) is 0 Å². The van der Waals surface area contributed by atoms with Gasteiger partial charge in [0, 0.05) is 42.6 Å². The Morgan fingerprint density at radius 3 is 1.83 bits per heavy atom. The van der Waals surface area contributed by atoms with Crippen molar-refractivity contribution in [3.8, 4) is 33.4 Å². The second-order valence-electron chi connectivity index (χ2n) is 14.6. The van der Waals surface area contributed by atoms with Gasteiger partial charge in [0.2, 0.25) is 0 Å². The molecule has 1 aliphatic carbocycles. The number of anilines is 3. The monoisotopic (exact) mass is 683 g/mol. The molecule has 0 spiro atoms. The van der Waals surface area contributed by atoms with E-state index in [1.54, 1.807) is 0 Å². The number of hydrogen-bond acceptors (Lipinski definition) is 2. The molecule has 2 heteroatoms. The largest absolute Gasteiger partial charge is 0.310 e. The van der Waals surface area contributed by atoms with Gasteiger partial charge in [-0.05, 0) is 128 Å². The molecule has 1 aromatic heterocycles. The molecule has 52 heavy (non-hydrogen) atoms. The van der Waals surface area contributed by atoms with Crippen molar-refractivity contribution in [3.63, 3.8) is 0 Å². The zero-order chi connectivity index (χ0) is 35.0. The molecule has 0 N–H and O–H groups in total. The zero-order valence-electron chi connectivity index (χ0n) is 29.5. The highest BCUT2D eigenvalue weighted by Crippen LogP contribution is 2.52. The molecule has 0 saturated carbocycles. The Hall–Kier alpha value is -5.96. The average molecular weight is 684 g/mol. The Balaban J connectivity index is 1.15. The molecule has 0 unspecified atom stereocenters. The normalized spacial score (nSPS) is 13.1. The Morgan fingerprint density at radius 1 is 0.442 bits per heavy atom. The van der Waals surface area contributed by atoms with Crippen LogP contribution in [0.2, 0.25) is 0 Å². The molecule has 1 heterocycles. The topological polar surface area (TPSA) is 3.24 Å². The van der Waals surface area contributed by atoms with Crippen molar-refractivity contribution < 1.29 is 0 Å². The van der Waals surface area contributed by atoms with Crippen LogP contribution < -0.4 is 4.90 Å². The van der Waals surface area contributed by atoms with E-state index < -0.39 is 0 Å². The molecule has 9 aromatic rings. The van der Waals surface area contributed by atoms with Crippen LogP contribution in [0.1, 0.15) is 30.5 Å². The molecule has 0 saturated heterocycles. The second kappa shape index (κ2) is 11.8. The minimum atomic E-state index is -0.0976.